The van der Waals surface area contributed by atoms with Crippen LogP contribution in [0.5, 0.6) is 0 Å². The number of hydrogen-bond acceptors (Lipinski definition) is 9. The summed E-state index contributed by atoms with van der Waals surface area (Å²) in [5.41, 5.74) is 8.92. The van der Waals surface area contributed by atoms with Crippen molar-refractivity contribution in [2.75, 3.05) is 0 Å². The maximum atomic E-state index is 13.6. The van der Waals surface area contributed by atoms with E-state index in [4.69, 9.17) is 0 Å². The first kappa shape index (κ1) is 40.5. The maximum absolute atomic E-state index is 13.6. The first-order chi connectivity index (χ1) is 30.4. The Balaban J connectivity index is 0.000000189. The molecule has 9 aromatic rings. The van der Waals surface area contributed by atoms with Gasteiger partial charge in [-0.25, -0.2) is 24.6 Å². The molecule has 4 N–H and O–H groups in total. The molecule has 4 aromatic heterocycles. The predicted molar refractivity (Wildman–Crippen MR) is 233 cm³/mol. The molecule has 0 aliphatic carbocycles. The Morgan fingerprint density at radius 3 is 1.60 bits per heavy atom. The van der Waals surface area contributed by atoms with Crippen molar-refractivity contribution in [2.45, 2.75) is 45.8 Å². The Morgan fingerprint density at radius 1 is 0.613 bits per heavy atom. The van der Waals surface area contributed by atoms with Gasteiger partial charge in [0.25, 0.3) is 0 Å². The van der Waals surface area contributed by atoms with Crippen molar-refractivity contribution >= 4 is 5.97 Å². The SMILES string of the molecule is CCCCc1c(C(=O)O)n(Cc2ccccc2)c(=O)n1Cc1ccc(-c2ccccc2-c2nnn[nH]2)cc1.O=c1[nH]ccn1Cc1ccc(-c2ccccc2-c2nnn[nH]2)cc1. The van der Waals surface area contributed by atoms with Gasteiger partial charge in [0.1, 0.15) is 0 Å². The Hall–Kier alpha value is -8.27. The fourth-order valence-corrected chi connectivity index (χ4v) is 7.41. The number of H-pyrrole nitrogens is 3. The third-order valence-electron chi connectivity index (χ3n) is 10.5. The third-order valence-corrected chi connectivity index (χ3v) is 10.5. The zero-order valence-corrected chi connectivity index (χ0v) is 33.7. The molecule has 0 saturated carbocycles. The number of aromatic amines is 3. The number of unbranched alkanes of at least 4 members (excludes halogenated alkanes) is 1. The molecule has 16 heteroatoms. The summed E-state index contributed by atoms with van der Waals surface area (Å²) in [4.78, 5) is 40.2. The fraction of sp³-hybridized carbons (Fsp3) is 0.152. The molecule has 9 rings (SSSR count). The van der Waals surface area contributed by atoms with Gasteiger partial charge in [0.15, 0.2) is 17.3 Å². The number of benzene rings is 5. The van der Waals surface area contributed by atoms with E-state index in [1.165, 1.54) is 4.57 Å². The van der Waals surface area contributed by atoms with Gasteiger partial charge in [-0.2, -0.15) is 0 Å². The smallest absolute Gasteiger partial charge is 0.354 e. The highest BCUT2D eigenvalue weighted by Gasteiger charge is 2.25. The summed E-state index contributed by atoms with van der Waals surface area (Å²) in [6.07, 6.45) is 5.58. The molecule has 0 radical (unpaired) electrons. The van der Waals surface area contributed by atoms with Crippen LogP contribution in [-0.2, 0) is 26.1 Å². The highest BCUT2D eigenvalue weighted by Crippen LogP contribution is 2.31. The number of imidazole rings is 2. The summed E-state index contributed by atoms with van der Waals surface area (Å²) in [5, 5.41) is 38.4. The van der Waals surface area contributed by atoms with E-state index < -0.39 is 5.97 Å². The second-order valence-electron chi connectivity index (χ2n) is 14.5. The molecule has 62 heavy (non-hydrogen) atoms. The van der Waals surface area contributed by atoms with Gasteiger partial charge in [-0.1, -0.05) is 141 Å². The van der Waals surface area contributed by atoms with Crippen LogP contribution in [0.15, 0.2) is 149 Å². The van der Waals surface area contributed by atoms with E-state index in [1.807, 2.05) is 127 Å². The molecular formula is C46H42N12O4. The molecule has 0 aliphatic rings. The second-order valence-corrected chi connectivity index (χ2v) is 14.5. The first-order valence-electron chi connectivity index (χ1n) is 20.1. The van der Waals surface area contributed by atoms with Crippen LogP contribution >= 0.6 is 0 Å². The Bertz CT molecular complexity index is 2990. The highest BCUT2D eigenvalue weighted by molar-refractivity contribution is 5.87. The summed E-state index contributed by atoms with van der Waals surface area (Å²) in [7, 11) is 0. The Labute approximate surface area is 354 Å². The van der Waals surface area contributed by atoms with E-state index >= 15 is 0 Å². The van der Waals surface area contributed by atoms with Crippen LogP contribution in [0.2, 0.25) is 0 Å². The topological polar surface area (TPSA) is 211 Å². The number of nitrogens with one attached hydrogen (secondary N) is 3. The van der Waals surface area contributed by atoms with Crippen LogP contribution in [0.4, 0.5) is 0 Å². The van der Waals surface area contributed by atoms with Gasteiger partial charge in [-0.05, 0) is 72.6 Å². The summed E-state index contributed by atoms with van der Waals surface area (Å²) < 4.78 is 4.63. The van der Waals surface area contributed by atoms with Gasteiger partial charge >= 0.3 is 17.3 Å². The number of hydrogen-bond donors (Lipinski definition) is 4. The molecule has 310 valence electrons. The molecule has 4 heterocycles. The highest BCUT2D eigenvalue weighted by atomic mass is 16.4. The van der Waals surface area contributed by atoms with Crippen molar-refractivity contribution in [3.05, 3.63) is 189 Å². The molecule has 0 amide bonds. The van der Waals surface area contributed by atoms with Crippen LogP contribution < -0.4 is 11.4 Å². The van der Waals surface area contributed by atoms with Crippen molar-refractivity contribution in [1.82, 2.24) is 59.9 Å². The molecular weight excluding hydrogens is 785 g/mol. The lowest BCUT2D eigenvalue weighted by Gasteiger charge is -2.10. The molecule has 0 bridgehead atoms. The molecule has 0 unspecified atom stereocenters. The largest absolute Gasteiger partial charge is 0.477 e. The van der Waals surface area contributed by atoms with Gasteiger partial charge in [0, 0.05) is 23.5 Å². The molecule has 0 aliphatic heterocycles. The summed E-state index contributed by atoms with van der Waals surface area (Å²) in [5.74, 6) is 0.128. The van der Waals surface area contributed by atoms with E-state index in [1.54, 1.807) is 21.5 Å². The lowest BCUT2D eigenvalue weighted by Crippen LogP contribution is -2.27. The Kier molecular flexibility index (Phi) is 12.3. The van der Waals surface area contributed by atoms with E-state index in [0.29, 0.717) is 30.3 Å². The van der Waals surface area contributed by atoms with Gasteiger partial charge in [-0.15, -0.1) is 10.2 Å². The van der Waals surface area contributed by atoms with Crippen molar-refractivity contribution in [3.63, 3.8) is 0 Å². The van der Waals surface area contributed by atoms with Crippen LogP contribution in [0.25, 0.3) is 45.0 Å². The number of nitrogens with zero attached hydrogens (tertiary/aromatic N) is 9. The van der Waals surface area contributed by atoms with Crippen LogP contribution in [0.3, 0.4) is 0 Å². The van der Waals surface area contributed by atoms with Crippen LogP contribution in [0, 0.1) is 0 Å². The first-order valence-corrected chi connectivity index (χ1v) is 20.1. The zero-order valence-electron chi connectivity index (χ0n) is 33.7. The molecule has 0 saturated heterocycles. The van der Waals surface area contributed by atoms with Gasteiger partial charge in [-0.3, -0.25) is 13.7 Å². The number of aromatic carboxylic acids is 1. The van der Waals surface area contributed by atoms with Gasteiger partial charge < -0.3 is 10.1 Å². The van der Waals surface area contributed by atoms with Crippen LogP contribution in [-0.4, -0.2) is 71.0 Å². The van der Waals surface area contributed by atoms with E-state index in [9.17, 15) is 19.5 Å². The van der Waals surface area contributed by atoms with E-state index in [0.717, 1.165) is 62.9 Å². The van der Waals surface area contributed by atoms with Crippen molar-refractivity contribution in [3.8, 4) is 45.0 Å². The van der Waals surface area contributed by atoms with Gasteiger partial charge in [0.05, 0.1) is 25.3 Å². The minimum absolute atomic E-state index is 0.0681. The number of carboxylic acids is 1. The quantitative estimate of drug-likeness (QED) is 0.0911. The number of carbonyl (C=O) groups is 1. The lowest BCUT2D eigenvalue weighted by atomic mass is 9.98. The average molecular weight is 827 g/mol. The monoisotopic (exact) mass is 826 g/mol. The van der Waals surface area contributed by atoms with Crippen molar-refractivity contribution < 1.29 is 9.90 Å². The summed E-state index contributed by atoms with van der Waals surface area (Å²) in [6.45, 7) is 3.08. The molecule has 0 atom stereocenters. The second kappa shape index (κ2) is 18.8. The lowest BCUT2D eigenvalue weighted by molar-refractivity contribution is 0.0683. The Morgan fingerprint density at radius 2 is 1.11 bits per heavy atom. The zero-order chi connectivity index (χ0) is 42.8. The normalized spacial score (nSPS) is 11.0. The predicted octanol–water partition coefficient (Wildman–Crippen LogP) is 6.71. The third kappa shape index (κ3) is 8.98. The minimum atomic E-state index is -1.09. The number of aromatic nitrogens is 12. The molecule has 16 nitrogen and oxygen atoms in total. The summed E-state index contributed by atoms with van der Waals surface area (Å²) in [6, 6.07) is 41.3. The van der Waals surface area contributed by atoms with Crippen molar-refractivity contribution in [1.29, 1.82) is 0 Å². The number of rotatable bonds is 14. The number of carboxylic acid groups (broad SMARTS) is 1. The van der Waals surface area contributed by atoms with Crippen molar-refractivity contribution in [2.24, 2.45) is 0 Å². The summed E-state index contributed by atoms with van der Waals surface area (Å²) >= 11 is 0. The number of tetrazole rings is 2. The maximum Gasteiger partial charge on any atom is 0.354 e. The van der Waals surface area contributed by atoms with Gasteiger partial charge in [0.2, 0.25) is 0 Å². The van der Waals surface area contributed by atoms with E-state index in [-0.39, 0.29) is 30.2 Å². The van der Waals surface area contributed by atoms with E-state index in [2.05, 4.69) is 53.2 Å². The average Bonchev–Trinajstić information content (AvgIpc) is 4.15. The standard InChI is InChI=1S/C29H28N6O3.C17H14N6O/c1-2-3-13-25-26(28(36)37)35(19-20-9-5-4-6-10-20)29(38)34(25)18-21-14-16-22(17-15-21)23-11-7-8-12-24(23)27-30-32-33-31-27;24-17-18-9-10-23(17)11-12-5-7-13(8-6-12)14-3-1-2-4-15(14)16-19-21-22-20-16/h4-12,14-17H,2-3,13,18-19H2,1H3,(H,36,37)(H,30,31,32,33);1-10H,11H2,(H,18,24)(H,19,20,21,22). The fourth-order valence-electron chi connectivity index (χ4n) is 7.41. The molecule has 0 spiro atoms. The van der Waals surface area contributed by atoms with Crippen LogP contribution in [0.1, 0.15) is 52.6 Å². The molecule has 0 fully saturated rings. The minimum Gasteiger partial charge on any atom is -0.477 e. The molecule has 5 aromatic carbocycles.